The van der Waals surface area contributed by atoms with E-state index in [-0.39, 0.29) is 5.91 Å². The highest BCUT2D eigenvalue weighted by Crippen LogP contribution is 2.14. The van der Waals surface area contributed by atoms with E-state index in [0.717, 1.165) is 11.3 Å². The summed E-state index contributed by atoms with van der Waals surface area (Å²) in [6.07, 6.45) is 1.55. The fourth-order valence-electron chi connectivity index (χ4n) is 1.63. The molecule has 0 bridgehead atoms. The van der Waals surface area contributed by atoms with E-state index in [0.29, 0.717) is 11.5 Å². The number of amides is 1. The molecule has 2 rings (SSSR count). The van der Waals surface area contributed by atoms with Gasteiger partial charge in [-0.25, -0.2) is 0 Å². The van der Waals surface area contributed by atoms with Crippen LogP contribution in [0.2, 0.25) is 0 Å². The number of nitrogens with one attached hydrogen (secondary N) is 1. The van der Waals surface area contributed by atoms with Crippen LogP contribution in [0.1, 0.15) is 19.7 Å². The fraction of sp³-hybridized carbons (Fsp3) is 0.231. The number of aryl methyl sites for hydroxylation is 1. The summed E-state index contributed by atoms with van der Waals surface area (Å²) in [5.41, 5.74) is 2.46. The topological polar surface area (TPSA) is 72.7 Å². The van der Waals surface area contributed by atoms with Gasteiger partial charge in [0, 0.05) is 11.8 Å². The minimum absolute atomic E-state index is 0.148. The molecule has 6 nitrogen and oxygen atoms in total. The highest BCUT2D eigenvalue weighted by molar-refractivity contribution is 5.99. The molecule has 0 saturated carbocycles. The Morgan fingerprint density at radius 1 is 1.37 bits per heavy atom. The van der Waals surface area contributed by atoms with E-state index in [1.165, 1.54) is 0 Å². The lowest BCUT2D eigenvalue weighted by Gasteiger charge is -2.06. The SMILES string of the molecule is CC(C)=CC(=O)Nc1cccc(-n2nnnc2C)c1. The van der Waals surface area contributed by atoms with Crippen LogP contribution in [0.15, 0.2) is 35.9 Å². The maximum Gasteiger partial charge on any atom is 0.248 e. The number of allylic oxidation sites excluding steroid dienone is 1. The summed E-state index contributed by atoms with van der Waals surface area (Å²) in [5.74, 6) is 0.540. The molecule has 0 radical (unpaired) electrons. The molecule has 1 amide bonds. The molecule has 0 saturated heterocycles. The van der Waals surface area contributed by atoms with Crippen LogP contribution >= 0.6 is 0 Å². The second-order valence-electron chi connectivity index (χ2n) is 4.40. The normalized spacial score (nSPS) is 10.1. The van der Waals surface area contributed by atoms with Crippen LogP contribution in [0.3, 0.4) is 0 Å². The van der Waals surface area contributed by atoms with Gasteiger partial charge in [-0.1, -0.05) is 11.6 Å². The lowest BCUT2D eigenvalue weighted by molar-refractivity contribution is -0.111. The molecule has 0 aliphatic rings. The summed E-state index contributed by atoms with van der Waals surface area (Å²) in [6, 6.07) is 7.36. The van der Waals surface area contributed by atoms with Gasteiger partial charge in [0.05, 0.1) is 5.69 Å². The van der Waals surface area contributed by atoms with Gasteiger partial charge in [0.2, 0.25) is 5.91 Å². The van der Waals surface area contributed by atoms with E-state index < -0.39 is 0 Å². The predicted octanol–water partition coefficient (Wildman–Crippen LogP) is 1.88. The molecule has 0 atom stereocenters. The zero-order chi connectivity index (χ0) is 13.8. The molecule has 0 aliphatic carbocycles. The van der Waals surface area contributed by atoms with Crippen molar-refractivity contribution in [1.82, 2.24) is 20.2 Å². The third kappa shape index (κ3) is 3.25. The molecule has 0 fully saturated rings. The third-order valence-corrected chi connectivity index (χ3v) is 2.40. The Hall–Kier alpha value is -2.50. The predicted molar refractivity (Wildman–Crippen MR) is 72.0 cm³/mol. The van der Waals surface area contributed by atoms with Gasteiger partial charge in [-0.2, -0.15) is 4.68 Å². The second kappa shape index (κ2) is 5.43. The lowest BCUT2D eigenvalue weighted by atomic mass is 10.2. The van der Waals surface area contributed by atoms with Gasteiger partial charge in [0.1, 0.15) is 0 Å². The first kappa shape index (κ1) is 12.9. The van der Waals surface area contributed by atoms with Crippen LogP contribution in [0.5, 0.6) is 0 Å². The van der Waals surface area contributed by atoms with Gasteiger partial charge in [-0.3, -0.25) is 4.79 Å². The highest BCUT2D eigenvalue weighted by atomic mass is 16.1. The molecule has 1 N–H and O–H groups in total. The molecule has 0 unspecified atom stereocenters. The van der Waals surface area contributed by atoms with E-state index >= 15 is 0 Å². The number of hydrogen-bond donors (Lipinski definition) is 1. The average Bonchev–Trinajstić information content (AvgIpc) is 2.74. The number of rotatable bonds is 3. The standard InChI is InChI=1S/C13H15N5O/c1-9(2)7-13(19)14-11-5-4-6-12(8-11)18-10(3)15-16-17-18/h4-8H,1-3H3,(H,14,19). The van der Waals surface area contributed by atoms with Crippen molar-refractivity contribution in [2.24, 2.45) is 0 Å². The van der Waals surface area contributed by atoms with Crippen molar-refractivity contribution in [3.63, 3.8) is 0 Å². The van der Waals surface area contributed by atoms with Crippen LogP contribution in [-0.2, 0) is 4.79 Å². The number of nitrogens with zero attached hydrogens (tertiary/aromatic N) is 4. The van der Waals surface area contributed by atoms with Crippen molar-refractivity contribution in [2.75, 3.05) is 5.32 Å². The third-order valence-electron chi connectivity index (χ3n) is 2.40. The second-order valence-corrected chi connectivity index (χ2v) is 4.40. The molecule has 19 heavy (non-hydrogen) atoms. The number of aromatic nitrogens is 4. The van der Waals surface area contributed by atoms with Crippen molar-refractivity contribution < 1.29 is 4.79 Å². The molecule has 1 heterocycles. The van der Waals surface area contributed by atoms with Gasteiger partial charge in [0.25, 0.3) is 0 Å². The van der Waals surface area contributed by atoms with Crippen molar-refractivity contribution in [2.45, 2.75) is 20.8 Å². The van der Waals surface area contributed by atoms with Gasteiger partial charge in [0.15, 0.2) is 5.82 Å². The number of tetrazole rings is 1. The van der Waals surface area contributed by atoms with Crippen LogP contribution in [-0.4, -0.2) is 26.1 Å². The molecule has 1 aromatic heterocycles. The first-order valence-corrected chi connectivity index (χ1v) is 5.87. The fourth-order valence-corrected chi connectivity index (χ4v) is 1.63. The van der Waals surface area contributed by atoms with Crippen molar-refractivity contribution in [3.8, 4) is 5.69 Å². The maximum atomic E-state index is 11.7. The van der Waals surface area contributed by atoms with Crippen LogP contribution in [0.25, 0.3) is 5.69 Å². The largest absolute Gasteiger partial charge is 0.322 e. The summed E-state index contributed by atoms with van der Waals surface area (Å²) >= 11 is 0. The summed E-state index contributed by atoms with van der Waals surface area (Å²) in [7, 11) is 0. The minimum Gasteiger partial charge on any atom is -0.322 e. The summed E-state index contributed by atoms with van der Waals surface area (Å²) in [5, 5.41) is 14.1. The number of benzene rings is 1. The molecular weight excluding hydrogens is 242 g/mol. The molecule has 0 aliphatic heterocycles. The summed E-state index contributed by atoms with van der Waals surface area (Å²) < 4.78 is 1.61. The monoisotopic (exact) mass is 257 g/mol. The Bertz CT molecular complexity index is 625. The van der Waals surface area contributed by atoms with E-state index in [1.807, 2.05) is 45.0 Å². The average molecular weight is 257 g/mol. The first-order valence-electron chi connectivity index (χ1n) is 5.87. The van der Waals surface area contributed by atoms with E-state index in [9.17, 15) is 4.79 Å². The van der Waals surface area contributed by atoms with Crippen LogP contribution < -0.4 is 5.32 Å². The van der Waals surface area contributed by atoms with Crippen LogP contribution in [0.4, 0.5) is 5.69 Å². The van der Waals surface area contributed by atoms with Gasteiger partial charge in [-0.05, 0) is 49.4 Å². The van der Waals surface area contributed by atoms with Crippen molar-refractivity contribution in [1.29, 1.82) is 0 Å². The minimum atomic E-state index is -0.148. The number of hydrogen-bond acceptors (Lipinski definition) is 4. The first-order chi connectivity index (χ1) is 9.06. The number of carbonyl (C=O) groups is 1. The summed E-state index contributed by atoms with van der Waals surface area (Å²) in [6.45, 7) is 5.56. The zero-order valence-electron chi connectivity index (χ0n) is 11.1. The number of carbonyl (C=O) groups excluding carboxylic acids is 1. The Morgan fingerprint density at radius 2 is 2.16 bits per heavy atom. The highest BCUT2D eigenvalue weighted by Gasteiger charge is 2.05. The van der Waals surface area contributed by atoms with Gasteiger partial charge in [-0.15, -0.1) is 5.10 Å². The molecule has 1 aromatic carbocycles. The zero-order valence-corrected chi connectivity index (χ0v) is 11.1. The maximum absolute atomic E-state index is 11.7. The van der Waals surface area contributed by atoms with E-state index in [4.69, 9.17) is 0 Å². The quantitative estimate of drug-likeness (QED) is 0.852. The number of anilines is 1. The van der Waals surface area contributed by atoms with Gasteiger partial charge >= 0.3 is 0 Å². The van der Waals surface area contributed by atoms with E-state index in [2.05, 4.69) is 20.8 Å². The van der Waals surface area contributed by atoms with Gasteiger partial charge < -0.3 is 5.32 Å². The summed E-state index contributed by atoms with van der Waals surface area (Å²) in [4.78, 5) is 11.7. The molecule has 2 aromatic rings. The van der Waals surface area contributed by atoms with Crippen LogP contribution in [0, 0.1) is 6.92 Å². The van der Waals surface area contributed by atoms with Crippen molar-refractivity contribution >= 4 is 11.6 Å². The van der Waals surface area contributed by atoms with Crippen molar-refractivity contribution in [3.05, 3.63) is 41.7 Å². The van der Waals surface area contributed by atoms with E-state index in [1.54, 1.807) is 10.8 Å². The molecule has 6 heteroatoms. The molecule has 98 valence electrons. The Kier molecular flexibility index (Phi) is 3.70. The lowest BCUT2D eigenvalue weighted by Crippen LogP contribution is -2.09. The molecular formula is C13H15N5O. The Morgan fingerprint density at radius 3 is 2.79 bits per heavy atom. The smallest absolute Gasteiger partial charge is 0.248 e. The Labute approximate surface area is 111 Å². The molecule has 0 spiro atoms. The Balaban J connectivity index is 2.23.